The summed E-state index contributed by atoms with van der Waals surface area (Å²) in [5, 5.41) is 0. The average Bonchev–Trinajstić information content (AvgIpc) is 2.43. The van der Waals surface area contributed by atoms with Crippen LogP contribution in [0.15, 0.2) is 18.2 Å². The van der Waals surface area contributed by atoms with Crippen molar-refractivity contribution >= 4 is 5.69 Å². The molecule has 0 bridgehead atoms. The first-order chi connectivity index (χ1) is 10.0. The number of nitrogen functional groups attached to an aromatic ring is 1. The summed E-state index contributed by atoms with van der Waals surface area (Å²) in [4.78, 5) is 2.60. The maximum absolute atomic E-state index is 6.06. The molecule has 3 heteroatoms. The Labute approximate surface area is 129 Å². The number of likely N-dealkylation sites (tertiary alicyclic amines) is 1. The van der Waals surface area contributed by atoms with Crippen molar-refractivity contribution in [3.63, 3.8) is 0 Å². The standard InChI is InChI=1S/C18H30N2O/c1-14(2)21-18-7-6-16(13-17(18)19)5-4-10-20-11-8-15(3)9-12-20/h6-7,13-15H,4-5,8-12,19H2,1-3H3. The molecule has 0 aromatic heterocycles. The lowest BCUT2D eigenvalue weighted by atomic mass is 9.99. The second kappa shape index (κ2) is 7.69. The number of rotatable bonds is 6. The van der Waals surface area contributed by atoms with Crippen molar-refractivity contribution in [3.8, 4) is 5.75 Å². The van der Waals surface area contributed by atoms with Gasteiger partial charge >= 0.3 is 0 Å². The van der Waals surface area contributed by atoms with Crippen molar-refractivity contribution in [1.82, 2.24) is 4.90 Å². The zero-order chi connectivity index (χ0) is 15.2. The van der Waals surface area contributed by atoms with Gasteiger partial charge in [-0.2, -0.15) is 0 Å². The molecule has 1 saturated heterocycles. The monoisotopic (exact) mass is 290 g/mol. The molecule has 1 aromatic rings. The molecule has 1 fully saturated rings. The molecule has 3 nitrogen and oxygen atoms in total. The minimum Gasteiger partial charge on any atom is -0.489 e. The Kier molecular flexibility index (Phi) is 5.92. The zero-order valence-corrected chi connectivity index (χ0v) is 13.8. The third kappa shape index (κ3) is 5.24. The molecule has 2 N–H and O–H groups in total. The number of nitrogens with zero attached hydrogens (tertiary/aromatic N) is 1. The Bertz CT molecular complexity index is 437. The second-order valence-electron chi connectivity index (χ2n) is 6.67. The smallest absolute Gasteiger partial charge is 0.142 e. The van der Waals surface area contributed by atoms with Gasteiger partial charge in [-0.3, -0.25) is 0 Å². The molecule has 1 heterocycles. The van der Waals surface area contributed by atoms with Crippen LogP contribution in [-0.4, -0.2) is 30.6 Å². The molecule has 1 aromatic carbocycles. The first kappa shape index (κ1) is 16.2. The summed E-state index contributed by atoms with van der Waals surface area (Å²) in [7, 11) is 0. The SMILES string of the molecule is CC1CCN(CCCc2ccc(OC(C)C)c(N)c2)CC1. The fourth-order valence-corrected chi connectivity index (χ4v) is 2.91. The molecule has 0 radical (unpaired) electrons. The van der Waals surface area contributed by atoms with Crippen molar-refractivity contribution in [1.29, 1.82) is 0 Å². The van der Waals surface area contributed by atoms with E-state index >= 15 is 0 Å². The molecule has 0 spiro atoms. The number of anilines is 1. The number of piperidine rings is 1. The van der Waals surface area contributed by atoms with Gasteiger partial charge in [0.25, 0.3) is 0 Å². The van der Waals surface area contributed by atoms with E-state index in [2.05, 4.69) is 24.0 Å². The zero-order valence-electron chi connectivity index (χ0n) is 13.8. The lowest BCUT2D eigenvalue weighted by molar-refractivity contribution is 0.191. The van der Waals surface area contributed by atoms with Gasteiger partial charge in [0.2, 0.25) is 0 Å². The summed E-state index contributed by atoms with van der Waals surface area (Å²) >= 11 is 0. The minimum atomic E-state index is 0.166. The fourth-order valence-electron chi connectivity index (χ4n) is 2.91. The van der Waals surface area contributed by atoms with Gasteiger partial charge in [-0.15, -0.1) is 0 Å². The van der Waals surface area contributed by atoms with Crippen molar-refractivity contribution in [2.24, 2.45) is 5.92 Å². The van der Waals surface area contributed by atoms with E-state index in [9.17, 15) is 0 Å². The van der Waals surface area contributed by atoms with E-state index in [1.54, 1.807) is 0 Å². The molecule has 0 amide bonds. The van der Waals surface area contributed by atoms with Crippen molar-refractivity contribution < 1.29 is 4.74 Å². The molecule has 21 heavy (non-hydrogen) atoms. The summed E-state index contributed by atoms with van der Waals surface area (Å²) < 4.78 is 5.68. The number of hydrogen-bond donors (Lipinski definition) is 1. The quantitative estimate of drug-likeness (QED) is 0.812. The van der Waals surface area contributed by atoms with Gasteiger partial charge in [0.05, 0.1) is 11.8 Å². The van der Waals surface area contributed by atoms with E-state index in [-0.39, 0.29) is 6.10 Å². The molecule has 1 aliphatic rings. The highest BCUT2D eigenvalue weighted by Gasteiger charge is 2.14. The Hall–Kier alpha value is -1.22. The normalized spacial score (nSPS) is 17.3. The van der Waals surface area contributed by atoms with Crippen molar-refractivity contribution in [2.45, 2.75) is 52.6 Å². The average molecular weight is 290 g/mol. The van der Waals surface area contributed by atoms with Gasteiger partial charge in [-0.1, -0.05) is 13.0 Å². The second-order valence-corrected chi connectivity index (χ2v) is 6.67. The van der Waals surface area contributed by atoms with E-state index in [1.807, 2.05) is 19.9 Å². The van der Waals surface area contributed by atoms with E-state index in [0.29, 0.717) is 0 Å². The van der Waals surface area contributed by atoms with Crippen LogP contribution in [0.25, 0.3) is 0 Å². The fraction of sp³-hybridized carbons (Fsp3) is 0.667. The van der Waals surface area contributed by atoms with Crippen LogP contribution >= 0.6 is 0 Å². The largest absolute Gasteiger partial charge is 0.489 e. The Balaban J connectivity index is 1.77. The van der Waals surface area contributed by atoms with Crippen LogP contribution in [0, 0.1) is 5.92 Å². The van der Waals surface area contributed by atoms with E-state index in [4.69, 9.17) is 10.5 Å². The van der Waals surface area contributed by atoms with Crippen LogP contribution in [0.5, 0.6) is 5.75 Å². The molecule has 0 aliphatic carbocycles. The van der Waals surface area contributed by atoms with E-state index in [0.717, 1.165) is 23.8 Å². The summed E-state index contributed by atoms with van der Waals surface area (Å²) in [5.41, 5.74) is 8.14. The molecular formula is C18H30N2O. The summed E-state index contributed by atoms with van der Waals surface area (Å²) in [6, 6.07) is 6.22. The summed E-state index contributed by atoms with van der Waals surface area (Å²) in [6.07, 6.45) is 5.18. The van der Waals surface area contributed by atoms with Crippen LogP contribution in [0.2, 0.25) is 0 Å². The Morgan fingerprint density at radius 1 is 1.29 bits per heavy atom. The van der Waals surface area contributed by atoms with Gasteiger partial charge in [0, 0.05) is 0 Å². The number of hydrogen-bond acceptors (Lipinski definition) is 3. The van der Waals surface area contributed by atoms with Crippen LogP contribution in [0.1, 0.15) is 45.6 Å². The maximum atomic E-state index is 6.06. The molecule has 0 atom stereocenters. The number of benzene rings is 1. The van der Waals surface area contributed by atoms with Crippen molar-refractivity contribution in [3.05, 3.63) is 23.8 Å². The van der Waals surface area contributed by atoms with Crippen LogP contribution < -0.4 is 10.5 Å². The summed E-state index contributed by atoms with van der Waals surface area (Å²) in [5.74, 6) is 1.72. The molecule has 0 saturated carbocycles. The van der Waals surface area contributed by atoms with Gasteiger partial charge in [-0.05, 0) is 82.8 Å². The van der Waals surface area contributed by atoms with Gasteiger partial charge < -0.3 is 15.4 Å². The number of aryl methyl sites for hydroxylation is 1. The number of ether oxygens (including phenoxy) is 1. The van der Waals surface area contributed by atoms with Gasteiger partial charge in [0.1, 0.15) is 5.75 Å². The van der Waals surface area contributed by atoms with Crippen LogP contribution in [-0.2, 0) is 6.42 Å². The highest BCUT2D eigenvalue weighted by Crippen LogP contribution is 2.24. The highest BCUT2D eigenvalue weighted by atomic mass is 16.5. The topological polar surface area (TPSA) is 38.5 Å². The van der Waals surface area contributed by atoms with Crippen LogP contribution in [0.3, 0.4) is 0 Å². The lowest BCUT2D eigenvalue weighted by Crippen LogP contribution is -2.33. The van der Waals surface area contributed by atoms with E-state index < -0.39 is 0 Å². The van der Waals surface area contributed by atoms with E-state index in [1.165, 1.54) is 44.5 Å². The van der Waals surface area contributed by atoms with Crippen LogP contribution in [0.4, 0.5) is 5.69 Å². The maximum Gasteiger partial charge on any atom is 0.142 e. The Morgan fingerprint density at radius 2 is 2.00 bits per heavy atom. The molecule has 118 valence electrons. The Morgan fingerprint density at radius 3 is 2.62 bits per heavy atom. The number of nitrogens with two attached hydrogens (primary N) is 1. The third-order valence-corrected chi connectivity index (χ3v) is 4.25. The minimum absolute atomic E-state index is 0.166. The highest BCUT2D eigenvalue weighted by molar-refractivity contribution is 5.54. The first-order valence-corrected chi connectivity index (χ1v) is 8.32. The van der Waals surface area contributed by atoms with Crippen molar-refractivity contribution in [2.75, 3.05) is 25.4 Å². The molecule has 2 rings (SSSR count). The molecule has 1 aliphatic heterocycles. The third-order valence-electron chi connectivity index (χ3n) is 4.25. The van der Waals surface area contributed by atoms with Gasteiger partial charge in [-0.25, -0.2) is 0 Å². The lowest BCUT2D eigenvalue weighted by Gasteiger charge is -2.30. The predicted molar refractivity (Wildman–Crippen MR) is 89.8 cm³/mol. The predicted octanol–water partition coefficient (Wildman–Crippen LogP) is 3.72. The molecular weight excluding hydrogens is 260 g/mol. The molecule has 0 unspecified atom stereocenters. The summed E-state index contributed by atoms with van der Waals surface area (Å²) in [6.45, 7) is 10.1. The van der Waals surface area contributed by atoms with Gasteiger partial charge in [0.15, 0.2) is 0 Å². The first-order valence-electron chi connectivity index (χ1n) is 8.32.